The lowest BCUT2D eigenvalue weighted by Gasteiger charge is -2.10. The predicted molar refractivity (Wildman–Crippen MR) is 486 cm³/mol. The van der Waals surface area contributed by atoms with Crippen molar-refractivity contribution in [2.24, 2.45) is 0 Å². The van der Waals surface area contributed by atoms with Crippen LogP contribution in [0.1, 0.15) is 0 Å². The van der Waals surface area contributed by atoms with Gasteiger partial charge in [-0.1, -0.05) is 255 Å². The van der Waals surface area contributed by atoms with Gasteiger partial charge in [-0.2, -0.15) is 0 Å². The summed E-state index contributed by atoms with van der Waals surface area (Å²) in [4.78, 5) is 31.5. The standard InChI is InChI=1S/C34H19N3O2.C34H19N3OS.C34H19N3S2/c1-2-10-20(11-3-1)31-33-32(25-18-24-23-14-6-9-17-28(23)38-29(24)19-30(25)39-33)36-34(35-31)37-26-15-7-4-12-21(26)22-13-5-8-16-27(22)37;2*1-2-10-20(11-3-1)30-33-31(24-18-19-28-29(32(24)39-33)23-14-6-9-17-27(23)38-28)36-34(35-30)37-25-15-7-4-12-21(25)22-13-5-8-16-26(22)37/h3*1-19H. The zero-order chi connectivity index (χ0) is 76.5. The monoisotopic (exact) mass is 1550 g/mol. The molecular weight excluding hydrogens is 1500 g/mol. The smallest absolute Gasteiger partial charge is 0.236 e. The predicted octanol–water partition coefficient (Wildman–Crippen LogP) is 28.5. The Labute approximate surface area is 675 Å². The van der Waals surface area contributed by atoms with Crippen LogP contribution in [0.4, 0.5) is 0 Å². The van der Waals surface area contributed by atoms with Crippen LogP contribution < -0.4 is 0 Å². The van der Waals surface area contributed by atoms with Gasteiger partial charge in [-0.3, -0.25) is 13.7 Å². The molecule has 15 heteroatoms. The van der Waals surface area contributed by atoms with Crippen LogP contribution in [0.25, 0.3) is 244 Å². The molecule has 546 valence electrons. The second-order valence-corrected chi connectivity index (χ2v) is 32.6. The average Bonchev–Trinajstić information content (AvgIpc) is 1.57. The van der Waals surface area contributed by atoms with Crippen molar-refractivity contribution in [3.05, 3.63) is 346 Å². The fraction of sp³-hybridized carbons (Fsp3) is 0. The Morgan fingerprint density at radius 3 is 1.07 bits per heavy atom. The van der Waals surface area contributed by atoms with Crippen molar-refractivity contribution in [3.8, 4) is 51.6 Å². The molecule has 117 heavy (non-hydrogen) atoms. The quantitative estimate of drug-likeness (QED) is 0.160. The number of benzene rings is 15. The van der Waals surface area contributed by atoms with Crippen molar-refractivity contribution in [1.29, 1.82) is 0 Å². The largest absolute Gasteiger partial charge is 0.456 e. The number of aromatic nitrogens is 9. The van der Waals surface area contributed by atoms with E-state index < -0.39 is 0 Å². The van der Waals surface area contributed by atoms with E-state index in [1.54, 1.807) is 11.3 Å². The van der Waals surface area contributed by atoms with E-state index in [0.717, 1.165) is 153 Å². The summed E-state index contributed by atoms with van der Waals surface area (Å²) in [6.07, 6.45) is 0. The van der Waals surface area contributed by atoms with E-state index in [0.29, 0.717) is 23.4 Å². The minimum Gasteiger partial charge on any atom is -0.456 e. The van der Waals surface area contributed by atoms with E-state index in [2.05, 4.69) is 299 Å². The third-order valence-electron chi connectivity index (χ3n) is 22.9. The van der Waals surface area contributed by atoms with Gasteiger partial charge in [-0.25, -0.2) is 29.9 Å². The molecule has 0 saturated carbocycles. The molecule has 0 spiro atoms. The lowest BCUT2D eigenvalue weighted by atomic mass is 10.1. The van der Waals surface area contributed by atoms with Crippen LogP contribution in [0.5, 0.6) is 0 Å². The first-order chi connectivity index (χ1) is 58.0. The topological polar surface area (TPSA) is 132 Å². The summed E-state index contributed by atoms with van der Waals surface area (Å²) in [5, 5.41) is 17.4. The molecule has 0 amide bonds. The molecule has 0 N–H and O–H groups in total. The summed E-state index contributed by atoms with van der Waals surface area (Å²) in [5.41, 5.74) is 20.0. The van der Waals surface area contributed by atoms with Crippen molar-refractivity contribution >= 4 is 226 Å². The fourth-order valence-corrected chi connectivity index (χ4v) is 21.5. The van der Waals surface area contributed by atoms with E-state index in [9.17, 15) is 0 Å². The molecule has 0 radical (unpaired) electrons. The highest BCUT2D eigenvalue weighted by Crippen LogP contribution is 2.50. The number of thiophene rings is 3. The second-order valence-electron chi connectivity index (χ2n) is 29.4. The maximum Gasteiger partial charge on any atom is 0.236 e. The molecule has 27 rings (SSSR count). The lowest BCUT2D eigenvalue weighted by molar-refractivity contribution is 0.655. The lowest BCUT2D eigenvalue weighted by Crippen LogP contribution is -2.02. The molecular formula is C102H57N9O3S3. The zero-order valence-electron chi connectivity index (χ0n) is 61.9. The highest BCUT2D eigenvalue weighted by Gasteiger charge is 2.27. The van der Waals surface area contributed by atoms with Crippen molar-refractivity contribution in [2.75, 3.05) is 0 Å². The molecule has 12 aromatic heterocycles. The molecule has 12 heterocycles. The summed E-state index contributed by atoms with van der Waals surface area (Å²) in [6.45, 7) is 0. The minimum atomic E-state index is 0.610. The van der Waals surface area contributed by atoms with Gasteiger partial charge in [0.05, 0.1) is 64.9 Å². The summed E-state index contributed by atoms with van der Waals surface area (Å²) in [5.74, 6) is 1.99. The summed E-state index contributed by atoms with van der Waals surface area (Å²) < 4.78 is 32.7. The summed E-state index contributed by atoms with van der Waals surface area (Å²) in [6, 6.07) is 120. The van der Waals surface area contributed by atoms with Gasteiger partial charge in [0, 0.05) is 122 Å². The van der Waals surface area contributed by atoms with Crippen LogP contribution in [0, 0.1) is 0 Å². The number of nitrogens with zero attached hydrogens (tertiary/aromatic N) is 9. The van der Waals surface area contributed by atoms with Crippen LogP contribution in [0.3, 0.4) is 0 Å². The molecule has 15 aromatic carbocycles. The Balaban J connectivity index is 0.0000000980. The SMILES string of the molecule is c1ccc(-c2nc(-n3c4ccccc4c4ccccc43)nc3c2oc2cc4oc5ccccc5c4cc23)cc1.c1ccc(-c2nc(-n3c4ccccc4c4ccccc43)nc3c2sc2c3ccc3oc4ccccc4c32)cc1.c1ccc(-c2nc(-n3c4ccccc4c4ccccc43)nc3c2sc2c3ccc3sc4ccccc4c32)cc1. The van der Waals surface area contributed by atoms with E-state index in [1.807, 2.05) is 83.3 Å². The number of furan rings is 3. The van der Waals surface area contributed by atoms with E-state index >= 15 is 0 Å². The van der Waals surface area contributed by atoms with Crippen molar-refractivity contribution < 1.29 is 13.3 Å². The maximum absolute atomic E-state index is 6.50. The summed E-state index contributed by atoms with van der Waals surface area (Å²) in [7, 11) is 0. The van der Waals surface area contributed by atoms with Gasteiger partial charge in [0.1, 0.15) is 39.1 Å². The average molecular weight is 1550 g/mol. The number of rotatable bonds is 6. The highest BCUT2D eigenvalue weighted by atomic mass is 32.1. The Bertz CT molecular complexity index is 8130. The molecule has 0 aliphatic carbocycles. The molecule has 0 aliphatic heterocycles. The molecule has 0 fully saturated rings. The van der Waals surface area contributed by atoms with E-state index in [1.165, 1.54) is 67.3 Å². The number of hydrogen-bond donors (Lipinski definition) is 0. The van der Waals surface area contributed by atoms with Gasteiger partial charge in [0.15, 0.2) is 5.58 Å². The van der Waals surface area contributed by atoms with Crippen molar-refractivity contribution in [3.63, 3.8) is 0 Å². The van der Waals surface area contributed by atoms with Crippen molar-refractivity contribution in [2.45, 2.75) is 0 Å². The fourth-order valence-electron chi connectivity index (χ4n) is 17.7. The third kappa shape index (κ3) is 10.0. The normalized spacial score (nSPS) is 12.1. The van der Waals surface area contributed by atoms with Crippen LogP contribution in [-0.4, -0.2) is 43.6 Å². The van der Waals surface area contributed by atoms with Crippen LogP contribution >= 0.6 is 34.0 Å². The Morgan fingerprint density at radius 1 is 0.205 bits per heavy atom. The second kappa shape index (κ2) is 25.8. The molecule has 12 nitrogen and oxygen atoms in total. The molecule has 0 aliphatic rings. The molecule has 0 atom stereocenters. The molecule has 0 unspecified atom stereocenters. The first-order valence-corrected chi connectivity index (χ1v) is 41.2. The van der Waals surface area contributed by atoms with Gasteiger partial charge in [-0.05, 0) is 84.9 Å². The van der Waals surface area contributed by atoms with Crippen LogP contribution in [0.15, 0.2) is 359 Å². The van der Waals surface area contributed by atoms with E-state index in [4.69, 9.17) is 43.2 Å². The minimum absolute atomic E-state index is 0.610. The number of para-hydroxylation sites is 8. The Hall–Kier alpha value is -15.0. The van der Waals surface area contributed by atoms with Gasteiger partial charge < -0.3 is 13.3 Å². The van der Waals surface area contributed by atoms with E-state index in [-0.39, 0.29) is 0 Å². The Kier molecular flexibility index (Phi) is 14.4. The first-order valence-electron chi connectivity index (χ1n) is 38.8. The number of hydrogen-bond acceptors (Lipinski definition) is 12. The van der Waals surface area contributed by atoms with Gasteiger partial charge in [0.2, 0.25) is 17.8 Å². The summed E-state index contributed by atoms with van der Waals surface area (Å²) >= 11 is 5.43. The van der Waals surface area contributed by atoms with Crippen molar-refractivity contribution in [1.82, 2.24) is 43.6 Å². The first kappa shape index (κ1) is 65.5. The maximum atomic E-state index is 6.50. The van der Waals surface area contributed by atoms with Crippen LogP contribution in [-0.2, 0) is 0 Å². The van der Waals surface area contributed by atoms with Crippen LogP contribution in [0.2, 0.25) is 0 Å². The molecule has 27 aromatic rings. The highest BCUT2D eigenvalue weighted by molar-refractivity contribution is 7.30. The Morgan fingerprint density at radius 2 is 0.573 bits per heavy atom. The molecule has 0 saturated heterocycles. The van der Waals surface area contributed by atoms with Gasteiger partial charge in [0.25, 0.3) is 0 Å². The number of fused-ring (bicyclic) bond motifs is 29. The zero-order valence-corrected chi connectivity index (χ0v) is 64.3. The van der Waals surface area contributed by atoms with Gasteiger partial charge >= 0.3 is 0 Å². The van der Waals surface area contributed by atoms with Gasteiger partial charge in [-0.15, -0.1) is 34.0 Å². The molecule has 0 bridgehead atoms. The third-order valence-corrected chi connectivity index (χ3v) is 26.5.